The standard InChI is InChI=1S/C13H25N3O3S/c1-10-8-15(9-11(2)19-10)20(17,18)16-5-3-4-12-6-14-7-13(12)16/h10-14H,3-9H2,1-2H3. The van der Waals surface area contributed by atoms with Gasteiger partial charge in [0.25, 0.3) is 10.2 Å². The maximum Gasteiger partial charge on any atom is 0.282 e. The molecule has 0 aromatic carbocycles. The number of fused-ring (bicyclic) bond motifs is 1. The zero-order chi connectivity index (χ0) is 14.3. The molecule has 0 aromatic rings. The first-order chi connectivity index (χ1) is 9.48. The molecule has 3 aliphatic heterocycles. The van der Waals surface area contributed by atoms with E-state index in [9.17, 15) is 8.42 Å². The summed E-state index contributed by atoms with van der Waals surface area (Å²) in [6, 6.07) is 0.141. The second-order valence-electron chi connectivity index (χ2n) is 6.32. The lowest BCUT2D eigenvalue weighted by atomic mass is 9.94. The minimum Gasteiger partial charge on any atom is -0.373 e. The number of morpholine rings is 1. The molecule has 0 saturated carbocycles. The number of nitrogens with zero attached hydrogens (tertiary/aromatic N) is 2. The van der Waals surface area contributed by atoms with Crippen molar-refractivity contribution in [1.82, 2.24) is 13.9 Å². The fourth-order valence-corrected chi connectivity index (χ4v) is 5.82. The molecule has 7 heteroatoms. The molecule has 116 valence electrons. The minimum absolute atomic E-state index is 0.0317. The van der Waals surface area contributed by atoms with E-state index in [2.05, 4.69) is 5.32 Å². The fourth-order valence-electron chi connectivity index (χ4n) is 3.78. The van der Waals surface area contributed by atoms with Gasteiger partial charge < -0.3 is 10.1 Å². The van der Waals surface area contributed by atoms with Crippen LogP contribution in [0.15, 0.2) is 0 Å². The van der Waals surface area contributed by atoms with Crippen LogP contribution in [0.25, 0.3) is 0 Å². The van der Waals surface area contributed by atoms with Crippen molar-refractivity contribution in [2.75, 3.05) is 32.7 Å². The SMILES string of the molecule is CC1CN(S(=O)(=O)N2CCCC3CNCC32)CC(C)O1. The number of nitrogens with one attached hydrogen (secondary N) is 1. The van der Waals surface area contributed by atoms with Gasteiger partial charge in [-0.25, -0.2) is 0 Å². The summed E-state index contributed by atoms with van der Waals surface area (Å²) >= 11 is 0. The van der Waals surface area contributed by atoms with Crippen molar-refractivity contribution < 1.29 is 13.2 Å². The lowest BCUT2D eigenvalue weighted by Gasteiger charge is -2.42. The molecule has 0 amide bonds. The Kier molecular flexibility index (Phi) is 4.07. The Hall–Kier alpha value is -0.210. The molecule has 4 atom stereocenters. The topological polar surface area (TPSA) is 61.9 Å². The Morgan fingerprint density at radius 2 is 1.85 bits per heavy atom. The molecule has 0 spiro atoms. The summed E-state index contributed by atoms with van der Waals surface area (Å²) in [5, 5.41) is 3.34. The van der Waals surface area contributed by atoms with Gasteiger partial charge in [0.1, 0.15) is 0 Å². The van der Waals surface area contributed by atoms with Crippen molar-refractivity contribution >= 4 is 10.2 Å². The maximum absolute atomic E-state index is 12.9. The molecule has 3 aliphatic rings. The minimum atomic E-state index is -3.36. The van der Waals surface area contributed by atoms with Crippen LogP contribution in [0.5, 0.6) is 0 Å². The highest BCUT2D eigenvalue weighted by atomic mass is 32.2. The number of ether oxygens (including phenoxy) is 1. The second kappa shape index (κ2) is 5.53. The van der Waals surface area contributed by atoms with Crippen molar-refractivity contribution in [3.05, 3.63) is 0 Å². The van der Waals surface area contributed by atoms with Gasteiger partial charge >= 0.3 is 0 Å². The van der Waals surface area contributed by atoms with Crippen LogP contribution in [0.4, 0.5) is 0 Å². The number of piperidine rings is 1. The Bertz CT molecular complexity index is 446. The average Bonchev–Trinajstić information content (AvgIpc) is 2.85. The number of hydrogen-bond acceptors (Lipinski definition) is 4. The molecular weight excluding hydrogens is 278 g/mol. The van der Waals surface area contributed by atoms with Crippen LogP contribution in [0, 0.1) is 5.92 Å². The molecule has 6 nitrogen and oxygen atoms in total. The zero-order valence-electron chi connectivity index (χ0n) is 12.3. The Balaban J connectivity index is 1.80. The van der Waals surface area contributed by atoms with E-state index in [-0.39, 0.29) is 18.2 Å². The lowest BCUT2D eigenvalue weighted by molar-refractivity contribution is -0.0461. The van der Waals surface area contributed by atoms with Crippen molar-refractivity contribution in [2.24, 2.45) is 5.92 Å². The molecule has 3 saturated heterocycles. The van der Waals surface area contributed by atoms with Crippen LogP contribution in [0.2, 0.25) is 0 Å². The first-order valence-electron chi connectivity index (χ1n) is 7.61. The molecule has 20 heavy (non-hydrogen) atoms. The summed E-state index contributed by atoms with van der Waals surface area (Å²) < 4.78 is 34.9. The predicted molar refractivity (Wildman–Crippen MR) is 76.6 cm³/mol. The first kappa shape index (κ1) is 14.7. The third-order valence-electron chi connectivity index (χ3n) is 4.64. The Labute approximate surface area is 121 Å². The third-order valence-corrected chi connectivity index (χ3v) is 6.63. The van der Waals surface area contributed by atoms with E-state index >= 15 is 0 Å². The average molecular weight is 303 g/mol. The van der Waals surface area contributed by atoms with Gasteiger partial charge in [-0.05, 0) is 39.2 Å². The van der Waals surface area contributed by atoms with Gasteiger partial charge in [0.15, 0.2) is 0 Å². The monoisotopic (exact) mass is 303 g/mol. The summed E-state index contributed by atoms with van der Waals surface area (Å²) in [7, 11) is -3.36. The van der Waals surface area contributed by atoms with Crippen molar-refractivity contribution in [2.45, 2.75) is 44.9 Å². The molecule has 3 heterocycles. The van der Waals surface area contributed by atoms with E-state index in [1.165, 1.54) is 0 Å². The molecule has 3 fully saturated rings. The highest BCUT2D eigenvalue weighted by Crippen LogP contribution is 2.30. The number of hydrogen-bond donors (Lipinski definition) is 1. The largest absolute Gasteiger partial charge is 0.373 e. The second-order valence-corrected chi connectivity index (χ2v) is 8.20. The quantitative estimate of drug-likeness (QED) is 0.781. The van der Waals surface area contributed by atoms with Crippen molar-refractivity contribution in [3.8, 4) is 0 Å². The lowest BCUT2D eigenvalue weighted by Crippen LogP contribution is -2.57. The molecule has 0 bridgehead atoms. The number of rotatable bonds is 2. The molecule has 0 radical (unpaired) electrons. The summed E-state index contributed by atoms with van der Waals surface area (Å²) in [5.74, 6) is 0.481. The van der Waals surface area contributed by atoms with Gasteiger partial charge in [-0.3, -0.25) is 0 Å². The van der Waals surface area contributed by atoms with Crippen LogP contribution in [-0.4, -0.2) is 68.0 Å². The molecule has 1 N–H and O–H groups in total. The normalized spacial score (nSPS) is 40.7. The van der Waals surface area contributed by atoms with Gasteiger partial charge in [0.05, 0.1) is 12.2 Å². The van der Waals surface area contributed by atoms with E-state index in [0.29, 0.717) is 25.6 Å². The van der Waals surface area contributed by atoms with E-state index in [1.54, 1.807) is 8.61 Å². The molecular formula is C13H25N3O3S. The zero-order valence-corrected chi connectivity index (χ0v) is 13.1. The predicted octanol–water partition coefficient (Wildman–Crippen LogP) is 0.0242. The van der Waals surface area contributed by atoms with Crippen LogP contribution < -0.4 is 5.32 Å². The van der Waals surface area contributed by atoms with E-state index in [4.69, 9.17) is 4.74 Å². The highest BCUT2D eigenvalue weighted by Gasteiger charge is 2.44. The van der Waals surface area contributed by atoms with Crippen LogP contribution >= 0.6 is 0 Å². The van der Waals surface area contributed by atoms with Gasteiger partial charge in [0.2, 0.25) is 0 Å². The van der Waals surface area contributed by atoms with Gasteiger partial charge in [0, 0.05) is 32.2 Å². The van der Waals surface area contributed by atoms with Gasteiger partial charge in [-0.2, -0.15) is 17.0 Å². The summed E-state index contributed by atoms with van der Waals surface area (Å²) in [6.07, 6.45) is 2.04. The van der Waals surface area contributed by atoms with Gasteiger partial charge in [-0.15, -0.1) is 0 Å². The summed E-state index contributed by atoms with van der Waals surface area (Å²) in [4.78, 5) is 0. The first-order valence-corrected chi connectivity index (χ1v) is 9.01. The Morgan fingerprint density at radius 3 is 2.55 bits per heavy atom. The van der Waals surface area contributed by atoms with Crippen molar-refractivity contribution in [1.29, 1.82) is 0 Å². The third kappa shape index (κ3) is 2.62. The smallest absolute Gasteiger partial charge is 0.282 e. The molecule has 4 unspecified atom stereocenters. The van der Waals surface area contributed by atoms with E-state index in [0.717, 1.165) is 25.9 Å². The fraction of sp³-hybridized carbons (Fsp3) is 1.00. The van der Waals surface area contributed by atoms with E-state index in [1.807, 2.05) is 13.8 Å². The molecule has 0 aliphatic carbocycles. The molecule has 0 aromatic heterocycles. The summed E-state index contributed by atoms with van der Waals surface area (Å²) in [6.45, 7) is 7.21. The van der Waals surface area contributed by atoms with Crippen molar-refractivity contribution in [3.63, 3.8) is 0 Å². The molecule has 3 rings (SSSR count). The van der Waals surface area contributed by atoms with E-state index < -0.39 is 10.2 Å². The maximum atomic E-state index is 12.9. The Morgan fingerprint density at radius 1 is 1.15 bits per heavy atom. The summed E-state index contributed by atoms with van der Waals surface area (Å²) in [5.41, 5.74) is 0. The van der Waals surface area contributed by atoms with Crippen LogP contribution in [-0.2, 0) is 14.9 Å². The van der Waals surface area contributed by atoms with Crippen LogP contribution in [0.3, 0.4) is 0 Å². The van der Waals surface area contributed by atoms with Gasteiger partial charge in [-0.1, -0.05) is 0 Å². The highest BCUT2D eigenvalue weighted by molar-refractivity contribution is 7.86. The van der Waals surface area contributed by atoms with Crippen LogP contribution in [0.1, 0.15) is 26.7 Å².